The van der Waals surface area contributed by atoms with Crippen LogP contribution in [-0.2, 0) is 38.5 Å². The zero-order valence-corrected chi connectivity index (χ0v) is 15.0. The Balaban J connectivity index is 1.46. The third-order valence-electron chi connectivity index (χ3n) is 7.23. The van der Waals surface area contributed by atoms with Gasteiger partial charge in [-0.2, -0.15) is 0 Å². The van der Waals surface area contributed by atoms with Crippen LogP contribution in [0.25, 0.3) is 0 Å². The molecular weight excluding hydrogens is 320 g/mol. The zero-order valence-electron chi connectivity index (χ0n) is 15.0. The molecule has 2 aromatic carbocycles. The van der Waals surface area contributed by atoms with E-state index in [1.54, 1.807) is 0 Å². The van der Waals surface area contributed by atoms with Crippen molar-refractivity contribution in [3.05, 3.63) is 68.8 Å². The molecule has 0 fully saturated rings. The molecule has 0 amide bonds. The zero-order chi connectivity index (χ0) is 17.5. The number of carbonyl (C=O) groups is 2. The summed E-state index contributed by atoms with van der Waals surface area (Å²) < 4.78 is 0. The fourth-order valence-electron chi connectivity index (χ4n) is 5.88. The molecule has 6 rings (SSSR count). The minimum atomic E-state index is -0.844. The van der Waals surface area contributed by atoms with Gasteiger partial charge in [-0.15, -0.1) is 0 Å². The number of carbonyl (C=O) groups excluding carboxylic acids is 2. The van der Waals surface area contributed by atoms with Gasteiger partial charge in [-0.25, -0.2) is 0 Å². The molecule has 2 aromatic rings. The first-order chi connectivity index (χ1) is 12.7. The topological polar surface area (TPSA) is 34.1 Å². The smallest absolute Gasteiger partial charge is 0.177 e. The molecule has 2 nitrogen and oxygen atoms in total. The highest BCUT2D eigenvalue weighted by Gasteiger charge is 2.55. The largest absolute Gasteiger partial charge is 0.293 e. The normalized spacial score (nSPS) is 25.4. The molecule has 0 saturated heterocycles. The summed E-state index contributed by atoms with van der Waals surface area (Å²) in [5.41, 5.74) is 8.51. The van der Waals surface area contributed by atoms with E-state index >= 15 is 0 Å². The van der Waals surface area contributed by atoms with Crippen molar-refractivity contribution in [2.24, 2.45) is 5.41 Å². The number of fused-ring (bicyclic) bond motifs is 4. The van der Waals surface area contributed by atoms with Crippen LogP contribution in [0, 0.1) is 5.41 Å². The SMILES string of the molecule is O=C1c2cc3c(cc2CC12Cc1cc4c(cc1C2=O)CCC4)CCCC3. The van der Waals surface area contributed by atoms with Gasteiger partial charge in [0, 0.05) is 11.1 Å². The van der Waals surface area contributed by atoms with Gasteiger partial charge in [0.05, 0.1) is 0 Å². The van der Waals surface area contributed by atoms with Crippen molar-refractivity contribution in [1.82, 2.24) is 0 Å². The lowest BCUT2D eigenvalue weighted by atomic mass is 9.79. The molecule has 0 radical (unpaired) electrons. The Hall–Kier alpha value is -2.22. The summed E-state index contributed by atoms with van der Waals surface area (Å²) in [4.78, 5) is 26.8. The summed E-state index contributed by atoms with van der Waals surface area (Å²) in [6, 6.07) is 8.70. The average molecular weight is 342 g/mol. The predicted molar refractivity (Wildman–Crippen MR) is 100 cm³/mol. The quantitative estimate of drug-likeness (QED) is 0.672. The highest BCUT2D eigenvalue weighted by Crippen LogP contribution is 2.48. The fraction of sp³-hybridized carbons (Fsp3) is 0.417. The number of ketones is 2. The average Bonchev–Trinajstić information content (AvgIpc) is 3.29. The van der Waals surface area contributed by atoms with E-state index in [0.717, 1.165) is 47.9 Å². The summed E-state index contributed by atoms with van der Waals surface area (Å²) in [5.74, 6) is 0.170. The number of benzene rings is 2. The maximum absolute atomic E-state index is 13.4. The van der Waals surface area contributed by atoms with Gasteiger partial charge >= 0.3 is 0 Å². The summed E-state index contributed by atoms with van der Waals surface area (Å²) in [5, 5.41) is 0. The molecule has 2 heteroatoms. The van der Waals surface area contributed by atoms with E-state index in [-0.39, 0.29) is 11.6 Å². The van der Waals surface area contributed by atoms with Gasteiger partial charge in [-0.3, -0.25) is 9.59 Å². The first-order valence-corrected chi connectivity index (χ1v) is 10.0. The molecule has 4 aliphatic carbocycles. The second-order valence-corrected chi connectivity index (χ2v) is 8.71. The molecule has 0 aliphatic heterocycles. The van der Waals surface area contributed by atoms with Crippen LogP contribution in [-0.4, -0.2) is 11.6 Å². The predicted octanol–water partition coefficient (Wildman–Crippen LogP) is 4.22. The molecule has 1 atom stereocenters. The summed E-state index contributed by atoms with van der Waals surface area (Å²) >= 11 is 0. The monoisotopic (exact) mass is 342 g/mol. The van der Waals surface area contributed by atoms with E-state index in [9.17, 15) is 9.59 Å². The van der Waals surface area contributed by atoms with Crippen molar-refractivity contribution in [3.63, 3.8) is 0 Å². The number of hydrogen-bond donors (Lipinski definition) is 0. The van der Waals surface area contributed by atoms with Crippen molar-refractivity contribution >= 4 is 11.6 Å². The van der Waals surface area contributed by atoms with Crippen LogP contribution in [0.4, 0.5) is 0 Å². The van der Waals surface area contributed by atoms with Gasteiger partial charge in [0.1, 0.15) is 5.41 Å². The molecular formula is C24H22O2. The van der Waals surface area contributed by atoms with Crippen LogP contribution in [0.3, 0.4) is 0 Å². The van der Waals surface area contributed by atoms with E-state index in [0.29, 0.717) is 12.8 Å². The van der Waals surface area contributed by atoms with Crippen LogP contribution in [0.2, 0.25) is 0 Å². The van der Waals surface area contributed by atoms with Gasteiger partial charge in [0.25, 0.3) is 0 Å². The van der Waals surface area contributed by atoms with Gasteiger partial charge in [-0.05, 0) is 103 Å². The van der Waals surface area contributed by atoms with Crippen LogP contribution in [0.15, 0.2) is 24.3 Å². The minimum Gasteiger partial charge on any atom is -0.293 e. The number of aryl methyl sites for hydroxylation is 4. The van der Waals surface area contributed by atoms with Crippen molar-refractivity contribution < 1.29 is 9.59 Å². The number of Topliss-reactive ketones (excluding diaryl/α,β-unsaturated/α-hetero) is 2. The van der Waals surface area contributed by atoms with E-state index in [1.165, 1.54) is 41.5 Å². The van der Waals surface area contributed by atoms with Gasteiger partial charge in [0.2, 0.25) is 0 Å². The highest BCUT2D eigenvalue weighted by atomic mass is 16.2. The van der Waals surface area contributed by atoms with E-state index in [4.69, 9.17) is 0 Å². The molecule has 130 valence electrons. The fourth-order valence-corrected chi connectivity index (χ4v) is 5.88. The molecule has 26 heavy (non-hydrogen) atoms. The van der Waals surface area contributed by atoms with Crippen LogP contribution < -0.4 is 0 Å². The second-order valence-electron chi connectivity index (χ2n) is 8.71. The Labute approximate surface area is 153 Å². The van der Waals surface area contributed by atoms with E-state index < -0.39 is 5.41 Å². The van der Waals surface area contributed by atoms with Crippen molar-refractivity contribution in [1.29, 1.82) is 0 Å². The highest BCUT2D eigenvalue weighted by molar-refractivity contribution is 6.24. The third-order valence-corrected chi connectivity index (χ3v) is 7.23. The molecule has 0 saturated carbocycles. The van der Waals surface area contributed by atoms with Crippen molar-refractivity contribution in [2.75, 3.05) is 0 Å². The lowest BCUT2D eigenvalue weighted by Gasteiger charge is -2.18. The summed E-state index contributed by atoms with van der Waals surface area (Å²) in [6.45, 7) is 0. The van der Waals surface area contributed by atoms with Gasteiger partial charge < -0.3 is 0 Å². The lowest BCUT2D eigenvalue weighted by molar-refractivity contribution is 0.0705. The first-order valence-electron chi connectivity index (χ1n) is 10.0. The molecule has 1 unspecified atom stereocenters. The summed E-state index contributed by atoms with van der Waals surface area (Å²) in [7, 11) is 0. The molecule has 1 spiro atoms. The van der Waals surface area contributed by atoms with Crippen LogP contribution in [0.1, 0.15) is 73.4 Å². The standard InChI is InChI=1S/C24H22O2/c25-22-20-10-16-5-2-1-4-14(16)8-18(20)12-24(22)13-19-9-15-6-3-7-17(15)11-21(19)23(24)26/h8-11H,1-7,12-13H2. The Bertz CT molecular complexity index is 1010. The Morgan fingerprint density at radius 1 is 0.538 bits per heavy atom. The Morgan fingerprint density at radius 2 is 0.962 bits per heavy atom. The number of rotatable bonds is 0. The van der Waals surface area contributed by atoms with Crippen molar-refractivity contribution in [2.45, 2.75) is 57.8 Å². The molecule has 0 heterocycles. The van der Waals surface area contributed by atoms with Crippen molar-refractivity contribution in [3.8, 4) is 0 Å². The van der Waals surface area contributed by atoms with Gasteiger partial charge in [0.15, 0.2) is 11.6 Å². The van der Waals surface area contributed by atoms with Crippen LogP contribution in [0.5, 0.6) is 0 Å². The van der Waals surface area contributed by atoms with Crippen LogP contribution >= 0.6 is 0 Å². The molecule has 0 bridgehead atoms. The second kappa shape index (κ2) is 4.94. The van der Waals surface area contributed by atoms with E-state index in [1.807, 2.05) is 0 Å². The third kappa shape index (κ3) is 1.78. The Kier molecular flexibility index (Phi) is 2.83. The molecule has 4 aliphatic rings. The van der Waals surface area contributed by atoms with E-state index in [2.05, 4.69) is 24.3 Å². The summed E-state index contributed by atoms with van der Waals surface area (Å²) in [6.07, 6.45) is 9.22. The maximum Gasteiger partial charge on any atom is 0.177 e. The molecule has 0 N–H and O–H groups in total. The number of hydrogen-bond acceptors (Lipinski definition) is 2. The molecule has 0 aromatic heterocycles. The Morgan fingerprint density at radius 3 is 1.46 bits per heavy atom. The minimum absolute atomic E-state index is 0.0846. The first kappa shape index (κ1) is 14.9. The lowest BCUT2D eigenvalue weighted by Crippen LogP contribution is -2.34. The maximum atomic E-state index is 13.4. The van der Waals surface area contributed by atoms with Gasteiger partial charge in [-0.1, -0.05) is 12.1 Å².